The Morgan fingerprint density at radius 3 is 2.30 bits per heavy atom. The van der Waals surface area contributed by atoms with Crippen LogP contribution >= 0.6 is 0 Å². The Kier molecular flexibility index (Phi) is 3.84. The Morgan fingerprint density at radius 2 is 1.67 bits per heavy atom. The zero-order chi connectivity index (χ0) is 20.3. The highest BCUT2D eigenvalue weighted by atomic mass is 15.3. The van der Waals surface area contributed by atoms with E-state index >= 15 is 0 Å². The van der Waals surface area contributed by atoms with E-state index in [1.807, 2.05) is 18.2 Å². The van der Waals surface area contributed by atoms with Gasteiger partial charge in [-0.25, -0.2) is 9.50 Å². The van der Waals surface area contributed by atoms with Gasteiger partial charge in [0.05, 0.1) is 11.4 Å². The van der Waals surface area contributed by atoms with E-state index in [9.17, 15) is 0 Å². The topological polar surface area (TPSA) is 69.1 Å². The van der Waals surface area contributed by atoms with Crippen LogP contribution in [0.3, 0.4) is 0 Å². The van der Waals surface area contributed by atoms with Crippen LogP contribution in [0.4, 0.5) is 0 Å². The van der Waals surface area contributed by atoms with Crippen molar-refractivity contribution in [2.75, 3.05) is 0 Å². The summed E-state index contributed by atoms with van der Waals surface area (Å²) in [4.78, 5) is 9.67. The van der Waals surface area contributed by atoms with Crippen LogP contribution in [-0.4, -0.2) is 19.6 Å². The lowest BCUT2D eigenvalue weighted by Gasteiger charge is -2.38. The molecule has 6 rings (SSSR count). The number of rotatable bonds is 4. The van der Waals surface area contributed by atoms with Crippen LogP contribution < -0.4 is 5.73 Å². The van der Waals surface area contributed by atoms with Crippen molar-refractivity contribution in [2.45, 2.75) is 43.6 Å². The molecule has 0 spiro atoms. The summed E-state index contributed by atoms with van der Waals surface area (Å²) in [5.74, 6) is 1.97. The standard InChI is InChI=1S/C25H24N5/c1-16-21(17-6-3-2-4-7-17)22(27-24-28-23(19-8-9-19)29-30(16)24)18-10-12-20(13-11-18)25(26)14-5-15-25/h2-4,6-7,10-13,19H,1,5,8-9,14-15,26H2. The summed E-state index contributed by atoms with van der Waals surface area (Å²) >= 11 is 0. The second-order valence-electron chi connectivity index (χ2n) is 8.69. The fourth-order valence-electron chi connectivity index (χ4n) is 4.41. The van der Waals surface area contributed by atoms with E-state index in [4.69, 9.17) is 20.8 Å². The maximum Gasteiger partial charge on any atom is 0.253 e. The molecule has 2 N–H and O–H groups in total. The molecule has 2 aliphatic carbocycles. The Morgan fingerprint density at radius 1 is 0.933 bits per heavy atom. The van der Waals surface area contributed by atoms with Crippen molar-refractivity contribution in [3.63, 3.8) is 0 Å². The molecule has 149 valence electrons. The van der Waals surface area contributed by atoms with Gasteiger partial charge in [-0.2, -0.15) is 4.98 Å². The van der Waals surface area contributed by atoms with Crippen molar-refractivity contribution in [1.29, 1.82) is 0 Å². The van der Waals surface area contributed by atoms with Crippen LogP contribution in [0.2, 0.25) is 0 Å². The molecular weight excluding hydrogens is 370 g/mol. The summed E-state index contributed by atoms with van der Waals surface area (Å²) in [6.45, 7) is 4.38. The molecular formula is C25H24N5. The molecule has 2 aliphatic rings. The lowest BCUT2D eigenvalue weighted by atomic mass is 9.72. The van der Waals surface area contributed by atoms with Crippen molar-refractivity contribution >= 4 is 5.78 Å². The molecule has 0 aliphatic heterocycles. The van der Waals surface area contributed by atoms with Crippen LogP contribution in [-0.2, 0) is 5.54 Å². The SMILES string of the molecule is [CH2]c1c(-c2ccccc2)c(-c2ccc(C3(N)CCC3)cc2)nc2nc(C3CC3)nn12. The highest BCUT2D eigenvalue weighted by Gasteiger charge is 2.34. The highest BCUT2D eigenvalue weighted by Crippen LogP contribution is 2.41. The first-order chi connectivity index (χ1) is 14.6. The van der Waals surface area contributed by atoms with Crippen LogP contribution in [0.1, 0.15) is 55.1 Å². The third-order valence-electron chi connectivity index (χ3n) is 6.58. The van der Waals surface area contributed by atoms with Gasteiger partial charge in [-0.1, -0.05) is 54.6 Å². The minimum absolute atomic E-state index is 0.165. The molecule has 5 nitrogen and oxygen atoms in total. The van der Waals surface area contributed by atoms with Crippen LogP contribution in [0.5, 0.6) is 0 Å². The summed E-state index contributed by atoms with van der Waals surface area (Å²) in [6.07, 6.45) is 5.63. The van der Waals surface area contributed by atoms with E-state index in [1.165, 1.54) is 12.0 Å². The molecule has 5 heteroatoms. The Balaban J connectivity index is 1.54. The summed E-state index contributed by atoms with van der Waals surface area (Å²) in [6, 6.07) is 18.8. The molecule has 2 aromatic heterocycles. The number of nitrogens with zero attached hydrogens (tertiary/aromatic N) is 4. The molecule has 0 atom stereocenters. The normalized spacial score (nSPS) is 17.8. The summed E-state index contributed by atoms with van der Waals surface area (Å²) in [5, 5.41) is 4.72. The third kappa shape index (κ3) is 2.76. The second kappa shape index (κ2) is 6.47. The fourth-order valence-corrected chi connectivity index (χ4v) is 4.41. The van der Waals surface area contributed by atoms with Crippen molar-refractivity contribution in [2.24, 2.45) is 5.73 Å². The first-order valence-corrected chi connectivity index (χ1v) is 10.7. The largest absolute Gasteiger partial charge is 0.321 e. The average Bonchev–Trinajstić information content (AvgIpc) is 3.52. The summed E-state index contributed by atoms with van der Waals surface area (Å²) in [7, 11) is 0. The van der Waals surface area contributed by atoms with Gasteiger partial charge in [0, 0.05) is 22.6 Å². The van der Waals surface area contributed by atoms with Gasteiger partial charge >= 0.3 is 0 Å². The monoisotopic (exact) mass is 394 g/mol. The lowest BCUT2D eigenvalue weighted by molar-refractivity contribution is 0.253. The summed E-state index contributed by atoms with van der Waals surface area (Å²) < 4.78 is 1.80. The van der Waals surface area contributed by atoms with Crippen molar-refractivity contribution in [1.82, 2.24) is 19.6 Å². The van der Waals surface area contributed by atoms with E-state index in [2.05, 4.69) is 43.3 Å². The van der Waals surface area contributed by atoms with Crippen LogP contribution in [0.25, 0.3) is 28.2 Å². The molecule has 1 radical (unpaired) electrons. The maximum atomic E-state index is 6.52. The van der Waals surface area contributed by atoms with Crippen molar-refractivity contribution < 1.29 is 0 Å². The maximum absolute atomic E-state index is 6.52. The van der Waals surface area contributed by atoms with Gasteiger partial charge in [0.1, 0.15) is 0 Å². The molecule has 0 bridgehead atoms. The van der Waals surface area contributed by atoms with E-state index in [0.717, 1.165) is 59.6 Å². The van der Waals surface area contributed by atoms with Gasteiger partial charge in [0.15, 0.2) is 5.82 Å². The quantitative estimate of drug-likeness (QED) is 0.537. The molecule has 30 heavy (non-hydrogen) atoms. The Hall–Kier alpha value is -3.05. The molecule has 2 heterocycles. The molecule has 0 unspecified atom stereocenters. The van der Waals surface area contributed by atoms with Crippen molar-refractivity contribution in [3.8, 4) is 22.4 Å². The Labute approximate surface area is 176 Å². The molecule has 0 saturated heterocycles. The predicted octanol–water partition coefficient (Wildman–Crippen LogP) is 4.86. The van der Waals surface area contributed by atoms with Gasteiger partial charge < -0.3 is 5.73 Å². The number of fused-ring (bicyclic) bond motifs is 1. The minimum Gasteiger partial charge on any atom is -0.321 e. The fraction of sp³-hybridized carbons (Fsp3) is 0.280. The number of nitrogens with two attached hydrogens (primary N) is 1. The number of hydrogen-bond acceptors (Lipinski definition) is 4. The highest BCUT2D eigenvalue weighted by molar-refractivity contribution is 5.84. The van der Waals surface area contributed by atoms with Crippen LogP contribution in [0, 0.1) is 6.92 Å². The van der Waals surface area contributed by atoms with Gasteiger partial charge in [-0.05, 0) is 50.2 Å². The molecule has 2 aromatic carbocycles. The average molecular weight is 395 g/mol. The minimum atomic E-state index is -0.165. The lowest BCUT2D eigenvalue weighted by Crippen LogP contribution is -2.43. The second-order valence-corrected chi connectivity index (χ2v) is 8.69. The zero-order valence-corrected chi connectivity index (χ0v) is 16.9. The molecule has 4 aromatic rings. The van der Waals surface area contributed by atoms with E-state index in [-0.39, 0.29) is 5.54 Å². The Bertz CT molecular complexity index is 1230. The number of aromatic nitrogens is 4. The van der Waals surface area contributed by atoms with Gasteiger partial charge in [0.2, 0.25) is 0 Å². The van der Waals surface area contributed by atoms with E-state index < -0.39 is 0 Å². The zero-order valence-electron chi connectivity index (χ0n) is 16.9. The van der Waals surface area contributed by atoms with E-state index in [0.29, 0.717) is 11.7 Å². The summed E-state index contributed by atoms with van der Waals surface area (Å²) in [5.41, 5.74) is 12.4. The first-order valence-electron chi connectivity index (χ1n) is 10.7. The smallest absolute Gasteiger partial charge is 0.253 e. The molecule has 2 saturated carbocycles. The number of benzene rings is 2. The molecule has 0 amide bonds. The van der Waals surface area contributed by atoms with Crippen LogP contribution in [0.15, 0.2) is 54.6 Å². The molecule has 2 fully saturated rings. The predicted molar refractivity (Wildman–Crippen MR) is 118 cm³/mol. The first kappa shape index (κ1) is 17.8. The van der Waals surface area contributed by atoms with Gasteiger partial charge in [-0.15, -0.1) is 5.10 Å². The van der Waals surface area contributed by atoms with E-state index in [1.54, 1.807) is 4.52 Å². The van der Waals surface area contributed by atoms with Gasteiger partial charge in [-0.3, -0.25) is 0 Å². The van der Waals surface area contributed by atoms with Gasteiger partial charge in [0.25, 0.3) is 5.78 Å². The van der Waals surface area contributed by atoms with Crippen molar-refractivity contribution in [3.05, 3.63) is 78.6 Å². The third-order valence-corrected chi connectivity index (χ3v) is 6.58. The number of hydrogen-bond donors (Lipinski definition) is 1.